The largest absolute Gasteiger partial charge is 0.118 e. The summed E-state index contributed by atoms with van der Waals surface area (Å²) in [4.78, 5) is 0. The predicted molar refractivity (Wildman–Crippen MR) is 87.0 cm³/mol. The quantitative estimate of drug-likeness (QED) is 0.523. The average Bonchev–Trinajstić information content (AvgIpc) is 2.38. The summed E-state index contributed by atoms with van der Waals surface area (Å²) in [5, 5.41) is 0.158. The summed E-state index contributed by atoms with van der Waals surface area (Å²) in [6.45, 7) is 11.2. The van der Waals surface area contributed by atoms with Crippen LogP contribution in [0.1, 0.15) is 76.8 Å². The van der Waals surface area contributed by atoms with Gasteiger partial charge in [-0.2, -0.15) is 0 Å². The van der Waals surface area contributed by atoms with E-state index in [0.29, 0.717) is 5.92 Å². The molecule has 0 N–H and O–H groups in total. The smallest absolute Gasteiger partial charge is 0.0613 e. The van der Waals surface area contributed by atoms with Crippen molar-refractivity contribution in [3.05, 3.63) is 35.4 Å². The molecule has 1 aromatic rings. The zero-order valence-electron chi connectivity index (χ0n) is 13.2. The molecule has 0 aliphatic heterocycles. The number of alkyl halides is 1. The van der Waals surface area contributed by atoms with Gasteiger partial charge in [0.1, 0.15) is 0 Å². The molecule has 0 spiro atoms. The molecule has 2 unspecified atom stereocenters. The van der Waals surface area contributed by atoms with Gasteiger partial charge in [-0.15, -0.1) is 11.6 Å². The van der Waals surface area contributed by atoms with Gasteiger partial charge in [0.25, 0.3) is 0 Å². The van der Waals surface area contributed by atoms with Gasteiger partial charge >= 0.3 is 0 Å². The molecule has 0 saturated carbocycles. The van der Waals surface area contributed by atoms with Crippen LogP contribution in [0.4, 0.5) is 0 Å². The van der Waals surface area contributed by atoms with Crippen molar-refractivity contribution in [1.82, 2.24) is 0 Å². The summed E-state index contributed by atoms with van der Waals surface area (Å²) in [5.74, 6) is 0.599. The molecule has 0 aliphatic rings. The SMILES string of the molecule is CCCCC(CC)C(Cl)c1ccc(C(C)(C)C)cc1. The summed E-state index contributed by atoms with van der Waals surface area (Å²) in [7, 11) is 0. The van der Waals surface area contributed by atoms with E-state index in [0.717, 1.165) is 6.42 Å². The fourth-order valence-electron chi connectivity index (χ4n) is 2.46. The van der Waals surface area contributed by atoms with Crippen molar-refractivity contribution in [1.29, 1.82) is 0 Å². The lowest BCUT2D eigenvalue weighted by Gasteiger charge is -2.23. The van der Waals surface area contributed by atoms with Gasteiger partial charge in [0.15, 0.2) is 0 Å². The van der Waals surface area contributed by atoms with Gasteiger partial charge in [-0.3, -0.25) is 0 Å². The number of halogens is 1. The molecule has 19 heavy (non-hydrogen) atoms. The van der Waals surface area contributed by atoms with Crippen LogP contribution < -0.4 is 0 Å². The summed E-state index contributed by atoms with van der Waals surface area (Å²) >= 11 is 6.67. The van der Waals surface area contributed by atoms with Crippen LogP contribution in [-0.2, 0) is 5.41 Å². The Bertz CT molecular complexity index is 358. The minimum atomic E-state index is 0.158. The minimum Gasteiger partial charge on any atom is -0.118 e. The first-order valence-electron chi connectivity index (χ1n) is 7.64. The predicted octanol–water partition coefficient (Wildman–Crippen LogP) is 6.48. The third kappa shape index (κ3) is 4.84. The summed E-state index contributed by atoms with van der Waals surface area (Å²) < 4.78 is 0. The highest BCUT2D eigenvalue weighted by Crippen LogP contribution is 2.35. The van der Waals surface area contributed by atoms with E-state index >= 15 is 0 Å². The Hall–Kier alpha value is -0.490. The Morgan fingerprint density at radius 2 is 1.63 bits per heavy atom. The van der Waals surface area contributed by atoms with Gasteiger partial charge in [0.05, 0.1) is 5.38 Å². The monoisotopic (exact) mass is 280 g/mol. The van der Waals surface area contributed by atoms with Gasteiger partial charge in [0, 0.05) is 0 Å². The number of rotatable bonds is 6. The minimum absolute atomic E-state index is 0.158. The molecule has 0 nitrogen and oxygen atoms in total. The number of unbranched alkanes of at least 4 members (excludes halogenated alkanes) is 1. The van der Waals surface area contributed by atoms with E-state index < -0.39 is 0 Å². The first-order valence-corrected chi connectivity index (χ1v) is 8.08. The molecule has 1 rings (SSSR count). The topological polar surface area (TPSA) is 0 Å². The molecule has 0 radical (unpaired) electrons. The lowest BCUT2D eigenvalue weighted by atomic mass is 9.85. The molecule has 0 aromatic heterocycles. The molecule has 0 heterocycles. The zero-order valence-corrected chi connectivity index (χ0v) is 13.9. The van der Waals surface area contributed by atoms with Crippen molar-refractivity contribution in [2.24, 2.45) is 5.92 Å². The summed E-state index contributed by atoms with van der Waals surface area (Å²) in [5.41, 5.74) is 2.87. The van der Waals surface area contributed by atoms with Gasteiger partial charge < -0.3 is 0 Å². The van der Waals surface area contributed by atoms with Crippen LogP contribution in [0.5, 0.6) is 0 Å². The lowest BCUT2D eigenvalue weighted by Crippen LogP contribution is -2.12. The van der Waals surface area contributed by atoms with Gasteiger partial charge in [-0.1, -0.05) is 78.1 Å². The van der Waals surface area contributed by atoms with E-state index in [4.69, 9.17) is 11.6 Å². The maximum atomic E-state index is 6.67. The second-order valence-electron chi connectivity index (χ2n) is 6.58. The third-order valence-corrected chi connectivity index (χ3v) is 4.57. The normalized spacial score (nSPS) is 15.3. The van der Waals surface area contributed by atoms with Crippen molar-refractivity contribution < 1.29 is 0 Å². The van der Waals surface area contributed by atoms with Crippen molar-refractivity contribution in [3.8, 4) is 0 Å². The van der Waals surface area contributed by atoms with Crippen molar-refractivity contribution >= 4 is 11.6 Å². The van der Waals surface area contributed by atoms with E-state index in [1.807, 2.05) is 0 Å². The van der Waals surface area contributed by atoms with Crippen LogP contribution in [0.3, 0.4) is 0 Å². The molecule has 0 fully saturated rings. The van der Waals surface area contributed by atoms with Gasteiger partial charge in [-0.05, 0) is 28.9 Å². The Kier molecular flexibility index (Phi) is 6.39. The van der Waals surface area contributed by atoms with Crippen LogP contribution in [0.15, 0.2) is 24.3 Å². The van der Waals surface area contributed by atoms with E-state index in [9.17, 15) is 0 Å². The van der Waals surface area contributed by atoms with Gasteiger partial charge in [-0.25, -0.2) is 0 Å². The molecule has 108 valence electrons. The van der Waals surface area contributed by atoms with E-state index in [2.05, 4.69) is 58.9 Å². The molecule has 1 aromatic carbocycles. The summed E-state index contributed by atoms with van der Waals surface area (Å²) in [6.07, 6.45) is 4.93. The molecule has 0 amide bonds. The van der Waals surface area contributed by atoms with E-state index in [-0.39, 0.29) is 10.8 Å². The van der Waals surface area contributed by atoms with Crippen molar-refractivity contribution in [2.75, 3.05) is 0 Å². The molecule has 0 aliphatic carbocycles. The van der Waals surface area contributed by atoms with Crippen LogP contribution in [0.2, 0.25) is 0 Å². The number of hydrogen-bond donors (Lipinski definition) is 0. The second kappa shape index (κ2) is 7.33. The highest BCUT2D eigenvalue weighted by molar-refractivity contribution is 6.21. The molecular weight excluding hydrogens is 252 g/mol. The first kappa shape index (κ1) is 16.6. The van der Waals surface area contributed by atoms with E-state index in [1.54, 1.807) is 0 Å². The molecular formula is C18H29Cl. The van der Waals surface area contributed by atoms with Crippen LogP contribution >= 0.6 is 11.6 Å². The van der Waals surface area contributed by atoms with Crippen molar-refractivity contribution in [2.45, 2.75) is 71.1 Å². The fourth-order valence-corrected chi connectivity index (χ4v) is 2.91. The number of benzene rings is 1. The first-order chi connectivity index (χ1) is 8.90. The number of hydrogen-bond acceptors (Lipinski definition) is 0. The maximum absolute atomic E-state index is 6.67. The Labute approximate surface area is 124 Å². The Morgan fingerprint density at radius 3 is 2.05 bits per heavy atom. The highest BCUT2D eigenvalue weighted by atomic mass is 35.5. The lowest BCUT2D eigenvalue weighted by molar-refractivity contribution is 0.437. The second-order valence-corrected chi connectivity index (χ2v) is 7.05. The third-order valence-electron chi connectivity index (χ3n) is 3.96. The fraction of sp³-hybridized carbons (Fsp3) is 0.667. The molecule has 0 saturated heterocycles. The Balaban J connectivity index is 2.78. The molecule has 1 heteroatoms. The van der Waals surface area contributed by atoms with Crippen LogP contribution in [0, 0.1) is 5.92 Å². The molecule has 0 bridgehead atoms. The van der Waals surface area contributed by atoms with Gasteiger partial charge in [0.2, 0.25) is 0 Å². The van der Waals surface area contributed by atoms with Crippen LogP contribution in [0.25, 0.3) is 0 Å². The van der Waals surface area contributed by atoms with E-state index in [1.165, 1.54) is 30.4 Å². The van der Waals surface area contributed by atoms with Crippen molar-refractivity contribution in [3.63, 3.8) is 0 Å². The molecule has 2 atom stereocenters. The average molecular weight is 281 g/mol. The summed E-state index contributed by atoms with van der Waals surface area (Å²) in [6, 6.07) is 8.90. The standard InChI is InChI=1S/C18H29Cl/c1-6-8-9-14(7-2)17(19)15-10-12-16(13-11-15)18(3,4)5/h10-14,17H,6-9H2,1-5H3. The van der Waals surface area contributed by atoms with Crippen LogP contribution in [-0.4, -0.2) is 0 Å². The highest BCUT2D eigenvalue weighted by Gasteiger charge is 2.20. The maximum Gasteiger partial charge on any atom is 0.0613 e. The zero-order chi connectivity index (χ0) is 14.5. The Morgan fingerprint density at radius 1 is 1.05 bits per heavy atom.